The Morgan fingerprint density at radius 1 is 1.50 bits per heavy atom. The molecule has 2 aromatic rings. The summed E-state index contributed by atoms with van der Waals surface area (Å²) in [6, 6.07) is 4.31. The van der Waals surface area contributed by atoms with Gasteiger partial charge in [0, 0.05) is 6.54 Å². The molecule has 1 aromatic heterocycles. The Balaban J connectivity index is 2.52. The largest absolute Gasteiger partial charge is 0.320 e. The van der Waals surface area contributed by atoms with Crippen LogP contribution in [0.15, 0.2) is 23.0 Å². The van der Waals surface area contributed by atoms with E-state index in [-0.39, 0.29) is 21.7 Å². The van der Waals surface area contributed by atoms with Gasteiger partial charge in [0.15, 0.2) is 0 Å². The summed E-state index contributed by atoms with van der Waals surface area (Å²) in [7, 11) is 1.83. The maximum Gasteiger partial charge on any atom is 0.262 e. The van der Waals surface area contributed by atoms with Crippen molar-refractivity contribution in [1.29, 1.82) is 0 Å². The smallest absolute Gasteiger partial charge is 0.262 e. The van der Waals surface area contributed by atoms with E-state index in [0.29, 0.717) is 6.54 Å². The molecular formula is C12H13ClFN3O. The number of fused-ring (bicyclic) bond motifs is 1. The van der Waals surface area contributed by atoms with E-state index in [9.17, 15) is 9.18 Å². The summed E-state index contributed by atoms with van der Waals surface area (Å²) in [6.07, 6.45) is 0.749. The molecule has 0 aliphatic rings. The zero-order valence-corrected chi connectivity index (χ0v) is 10.7. The van der Waals surface area contributed by atoms with Gasteiger partial charge in [-0.1, -0.05) is 6.07 Å². The van der Waals surface area contributed by atoms with Gasteiger partial charge in [0.25, 0.3) is 5.56 Å². The second-order valence-electron chi connectivity index (χ2n) is 3.93. The predicted molar refractivity (Wildman–Crippen MR) is 69.5 cm³/mol. The number of aromatic nitrogens is 2. The standard InChI is InChI=1S/C12H13ClFN3O/c1-15-6-3-7-17-11(18)8-4-2-5-9(14)10(8)16-12(17)13/h2,4-5,15H,3,6-7H2,1H3. The fraction of sp³-hybridized carbons (Fsp3) is 0.333. The van der Waals surface area contributed by atoms with E-state index < -0.39 is 5.82 Å². The Kier molecular flexibility index (Phi) is 3.93. The number of hydrogen-bond donors (Lipinski definition) is 1. The molecule has 0 aliphatic heterocycles. The summed E-state index contributed by atoms with van der Waals surface area (Å²) in [6.45, 7) is 1.22. The molecule has 1 heterocycles. The molecule has 0 atom stereocenters. The van der Waals surface area contributed by atoms with Crippen LogP contribution in [0.2, 0.25) is 5.28 Å². The van der Waals surface area contributed by atoms with Gasteiger partial charge < -0.3 is 5.32 Å². The third kappa shape index (κ3) is 2.37. The number of para-hydroxylation sites is 1. The summed E-state index contributed by atoms with van der Waals surface area (Å²) < 4.78 is 14.9. The fourth-order valence-corrected chi connectivity index (χ4v) is 2.04. The van der Waals surface area contributed by atoms with Gasteiger partial charge in [0.2, 0.25) is 5.28 Å². The lowest BCUT2D eigenvalue weighted by Crippen LogP contribution is -2.24. The van der Waals surface area contributed by atoms with Gasteiger partial charge in [-0.3, -0.25) is 9.36 Å². The highest BCUT2D eigenvalue weighted by molar-refractivity contribution is 6.28. The number of hydrogen-bond acceptors (Lipinski definition) is 3. The van der Waals surface area contributed by atoms with Gasteiger partial charge in [0.1, 0.15) is 11.3 Å². The zero-order chi connectivity index (χ0) is 13.1. The first kappa shape index (κ1) is 13.0. The molecule has 6 heteroatoms. The zero-order valence-electron chi connectivity index (χ0n) is 9.91. The summed E-state index contributed by atoms with van der Waals surface area (Å²) in [5.41, 5.74) is -0.280. The van der Waals surface area contributed by atoms with Crippen LogP contribution in [0.4, 0.5) is 4.39 Å². The Bertz CT molecular complexity index is 626. The second-order valence-corrected chi connectivity index (χ2v) is 4.27. The average molecular weight is 270 g/mol. The van der Waals surface area contributed by atoms with E-state index in [0.717, 1.165) is 13.0 Å². The van der Waals surface area contributed by atoms with E-state index in [4.69, 9.17) is 11.6 Å². The monoisotopic (exact) mass is 269 g/mol. The van der Waals surface area contributed by atoms with Gasteiger partial charge >= 0.3 is 0 Å². The molecule has 0 bridgehead atoms. The molecule has 2 rings (SSSR count). The summed E-state index contributed by atoms with van der Waals surface area (Å²) in [4.78, 5) is 16.1. The maximum absolute atomic E-state index is 13.5. The highest BCUT2D eigenvalue weighted by Gasteiger charge is 2.11. The third-order valence-electron chi connectivity index (χ3n) is 2.70. The van der Waals surface area contributed by atoms with Gasteiger partial charge in [-0.15, -0.1) is 0 Å². The van der Waals surface area contributed by atoms with Crippen molar-refractivity contribution in [3.63, 3.8) is 0 Å². The SMILES string of the molecule is CNCCCn1c(Cl)nc2c(F)cccc2c1=O. The van der Waals surface area contributed by atoms with E-state index in [1.165, 1.54) is 16.7 Å². The highest BCUT2D eigenvalue weighted by Crippen LogP contribution is 2.15. The van der Waals surface area contributed by atoms with E-state index >= 15 is 0 Å². The Hall–Kier alpha value is -1.46. The van der Waals surface area contributed by atoms with Crippen molar-refractivity contribution >= 4 is 22.5 Å². The molecule has 18 heavy (non-hydrogen) atoms. The van der Waals surface area contributed by atoms with E-state index in [2.05, 4.69) is 10.3 Å². The Morgan fingerprint density at radius 3 is 3.00 bits per heavy atom. The van der Waals surface area contributed by atoms with Crippen LogP contribution in [0.5, 0.6) is 0 Å². The van der Waals surface area contributed by atoms with Crippen LogP contribution >= 0.6 is 11.6 Å². The number of rotatable bonds is 4. The summed E-state index contributed by atoms with van der Waals surface area (Å²) in [5, 5.41) is 3.26. The van der Waals surface area contributed by atoms with Crippen LogP contribution in [0, 0.1) is 5.82 Å². The van der Waals surface area contributed by atoms with Crippen LogP contribution in [0.25, 0.3) is 10.9 Å². The maximum atomic E-state index is 13.5. The number of benzene rings is 1. The summed E-state index contributed by atoms with van der Waals surface area (Å²) >= 11 is 5.92. The predicted octanol–water partition coefficient (Wildman–Crippen LogP) is 1.80. The fourth-order valence-electron chi connectivity index (χ4n) is 1.79. The second kappa shape index (κ2) is 5.46. The van der Waals surface area contributed by atoms with Crippen molar-refractivity contribution in [2.75, 3.05) is 13.6 Å². The molecule has 96 valence electrons. The van der Waals surface area contributed by atoms with Gasteiger partial charge in [-0.05, 0) is 43.7 Å². The van der Waals surface area contributed by atoms with Gasteiger partial charge in [-0.25, -0.2) is 9.37 Å². The number of nitrogens with zero attached hydrogens (tertiary/aromatic N) is 2. The van der Waals surface area contributed by atoms with Crippen LogP contribution < -0.4 is 10.9 Å². The van der Waals surface area contributed by atoms with E-state index in [1.54, 1.807) is 6.07 Å². The van der Waals surface area contributed by atoms with Crippen LogP contribution in [0.1, 0.15) is 6.42 Å². The van der Waals surface area contributed by atoms with Gasteiger partial charge in [-0.2, -0.15) is 0 Å². The van der Waals surface area contributed by atoms with Crippen LogP contribution in [-0.4, -0.2) is 23.1 Å². The van der Waals surface area contributed by atoms with Crippen molar-refractivity contribution in [3.8, 4) is 0 Å². The van der Waals surface area contributed by atoms with Crippen molar-refractivity contribution in [2.24, 2.45) is 0 Å². The molecule has 1 aromatic carbocycles. The lowest BCUT2D eigenvalue weighted by atomic mass is 10.2. The quantitative estimate of drug-likeness (QED) is 0.680. The van der Waals surface area contributed by atoms with Crippen LogP contribution in [0.3, 0.4) is 0 Å². The normalized spacial score (nSPS) is 11.1. The highest BCUT2D eigenvalue weighted by atomic mass is 35.5. The average Bonchev–Trinajstić information content (AvgIpc) is 2.35. The molecule has 1 N–H and O–H groups in total. The van der Waals surface area contributed by atoms with Crippen molar-refractivity contribution < 1.29 is 4.39 Å². The minimum Gasteiger partial charge on any atom is -0.320 e. The molecule has 0 spiro atoms. The molecule has 0 saturated heterocycles. The lowest BCUT2D eigenvalue weighted by Gasteiger charge is -2.09. The molecule has 0 saturated carbocycles. The number of nitrogens with one attached hydrogen (secondary N) is 1. The first-order chi connectivity index (χ1) is 8.65. The molecule has 4 nitrogen and oxygen atoms in total. The van der Waals surface area contributed by atoms with Crippen LogP contribution in [-0.2, 0) is 6.54 Å². The molecule has 0 fully saturated rings. The minimum absolute atomic E-state index is 0.0219. The Morgan fingerprint density at radius 2 is 2.28 bits per heavy atom. The van der Waals surface area contributed by atoms with E-state index in [1.807, 2.05) is 7.05 Å². The molecule has 0 amide bonds. The van der Waals surface area contributed by atoms with Crippen molar-refractivity contribution in [3.05, 3.63) is 39.7 Å². The molecule has 0 aliphatic carbocycles. The lowest BCUT2D eigenvalue weighted by molar-refractivity contribution is 0.591. The molecule has 0 unspecified atom stereocenters. The third-order valence-corrected chi connectivity index (χ3v) is 2.99. The first-order valence-electron chi connectivity index (χ1n) is 5.64. The minimum atomic E-state index is -0.533. The first-order valence-corrected chi connectivity index (χ1v) is 6.02. The number of halogens is 2. The molecule has 0 radical (unpaired) electrons. The Labute approximate surface area is 108 Å². The topological polar surface area (TPSA) is 46.9 Å². The van der Waals surface area contributed by atoms with Crippen molar-refractivity contribution in [1.82, 2.24) is 14.9 Å². The van der Waals surface area contributed by atoms with Gasteiger partial charge in [0.05, 0.1) is 5.39 Å². The molecular weight excluding hydrogens is 257 g/mol. The van der Waals surface area contributed by atoms with Crippen molar-refractivity contribution in [2.45, 2.75) is 13.0 Å². The summed E-state index contributed by atoms with van der Waals surface area (Å²) in [5.74, 6) is -0.533.